The van der Waals surface area contributed by atoms with Crippen LogP contribution in [0.25, 0.3) is 11.4 Å². The molecule has 0 bridgehead atoms. The van der Waals surface area contributed by atoms with Crippen LogP contribution in [0.4, 0.5) is 4.79 Å². The second kappa shape index (κ2) is 8.76. The van der Waals surface area contributed by atoms with Crippen LogP contribution >= 0.6 is 0 Å². The van der Waals surface area contributed by atoms with Gasteiger partial charge >= 0.3 is 6.03 Å². The third kappa shape index (κ3) is 5.02. The van der Waals surface area contributed by atoms with Gasteiger partial charge in [0, 0.05) is 18.7 Å². The largest absolute Gasteiger partial charge is 0.329 e. The van der Waals surface area contributed by atoms with Crippen molar-refractivity contribution in [3.63, 3.8) is 0 Å². The number of nitrogens with one attached hydrogen (secondary N) is 2. The highest BCUT2D eigenvalue weighted by Gasteiger charge is 2.31. The maximum atomic E-state index is 12.8. The monoisotopic (exact) mass is 397 g/mol. The summed E-state index contributed by atoms with van der Waals surface area (Å²) in [6.45, 7) is 10.2. The lowest BCUT2D eigenvalue weighted by molar-refractivity contribution is 0.120. The highest BCUT2D eigenvalue weighted by atomic mass is 16.2. The molecule has 2 aromatic rings. The lowest BCUT2D eigenvalue weighted by atomic mass is 9.75. The molecule has 7 heteroatoms. The van der Waals surface area contributed by atoms with Crippen molar-refractivity contribution in [1.29, 1.82) is 0 Å². The first kappa shape index (κ1) is 21.0. The molecule has 7 nitrogen and oxygen atoms in total. The van der Waals surface area contributed by atoms with Crippen LogP contribution in [-0.4, -0.2) is 39.2 Å². The van der Waals surface area contributed by atoms with Crippen molar-refractivity contribution in [3.05, 3.63) is 46.4 Å². The number of rotatable bonds is 4. The van der Waals surface area contributed by atoms with Crippen molar-refractivity contribution in [2.45, 2.75) is 53.0 Å². The second-order valence-electron chi connectivity index (χ2n) is 8.79. The molecule has 1 saturated heterocycles. The maximum Gasteiger partial charge on any atom is 0.317 e. The van der Waals surface area contributed by atoms with E-state index in [2.05, 4.69) is 41.3 Å². The molecule has 0 radical (unpaired) electrons. The molecule has 2 amide bonds. The van der Waals surface area contributed by atoms with Gasteiger partial charge in [-0.1, -0.05) is 58.0 Å². The number of hydrogen-bond donors (Lipinski definition) is 2. The number of nitrogens with zero attached hydrogens (tertiary/aromatic N) is 3. The number of aromatic amines is 1. The third-order valence-corrected chi connectivity index (χ3v) is 5.81. The fraction of sp³-hybridized carbons (Fsp3) is 0.545. The van der Waals surface area contributed by atoms with Crippen molar-refractivity contribution in [2.75, 3.05) is 13.1 Å². The lowest BCUT2D eigenvalue weighted by Crippen LogP contribution is -2.47. The van der Waals surface area contributed by atoms with Crippen molar-refractivity contribution < 1.29 is 4.79 Å². The molecule has 1 atom stereocenters. The normalized spacial score (nSPS) is 16.5. The molecule has 3 rings (SSSR count). The van der Waals surface area contributed by atoms with Crippen LogP contribution in [0.1, 0.15) is 58.7 Å². The van der Waals surface area contributed by atoms with Crippen LogP contribution in [0.5, 0.6) is 0 Å². The van der Waals surface area contributed by atoms with Gasteiger partial charge in [-0.15, -0.1) is 10.2 Å². The Morgan fingerprint density at radius 3 is 2.41 bits per heavy atom. The van der Waals surface area contributed by atoms with Gasteiger partial charge in [-0.3, -0.25) is 4.79 Å². The minimum Gasteiger partial charge on any atom is -0.329 e. The number of aromatic nitrogens is 3. The maximum absolute atomic E-state index is 12.8. The summed E-state index contributed by atoms with van der Waals surface area (Å²) in [6.07, 6.45) is 2.56. The number of urea groups is 1. The number of H-pyrrole nitrogens is 1. The average Bonchev–Trinajstić information content (AvgIpc) is 2.72. The van der Waals surface area contributed by atoms with E-state index in [1.54, 1.807) is 0 Å². The zero-order valence-electron chi connectivity index (χ0n) is 17.7. The van der Waals surface area contributed by atoms with Crippen molar-refractivity contribution in [2.24, 2.45) is 11.3 Å². The first-order valence-corrected chi connectivity index (χ1v) is 10.4. The molecule has 1 fully saturated rings. The summed E-state index contributed by atoms with van der Waals surface area (Å²) in [7, 11) is 0. The van der Waals surface area contributed by atoms with E-state index in [0.29, 0.717) is 18.2 Å². The fourth-order valence-electron chi connectivity index (χ4n) is 3.85. The summed E-state index contributed by atoms with van der Waals surface area (Å²) in [6, 6.07) is 8.76. The summed E-state index contributed by atoms with van der Waals surface area (Å²) in [5.41, 5.74) is 0.975. The fourth-order valence-corrected chi connectivity index (χ4v) is 3.85. The van der Waals surface area contributed by atoms with E-state index in [0.717, 1.165) is 31.5 Å². The summed E-state index contributed by atoms with van der Waals surface area (Å²) in [4.78, 5) is 30.0. The average molecular weight is 398 g/mol. The summed E-state index contributed by atoms with van der Waals surface area (Å²) in [5, 5.41) is 11.3. The molecule has 29 heavy (non-hydrogen) atoms. The zero-order valence-corrected chi connectivity index (χ0v) is 17.7. The van der Waals surface area contributed by atoms with E-state index >= 15 is 0 Å². The lowest BCUT2D eigenvalue weighted by Gasteiger charge is -2.39. The molecule has 0 aliphatic carbocycles. The van der Waals surface area contributed by atoms with E-state index in [1.165, 1.54) is 0 Å². The summed E-state index contributed by atoms with van der Waals surface area (Å²) < 4.78 is 0. The predicted octanol–water partition coefficient (Wildman–Crippen LogP) is 3.75. The zero-order chi connectivity index (χ0) is 21.0. The van der Waals surface area contributed by atoms with E-state index in [1.807, 2.05) is 42.2 Å². The topological polar surface area (TPSA) is 91.0 Å². The molecular weight excluding hydrogens is 366 g/mol. The Kier molecular flexibility index (Phi) is 6.35. The van der Waals surface area contributed by atoms with Gasteiger partial charge in [0.25, 0.3) is 5.56 Å². The van der Waals surface area contributed by atoms with E-state index in [9.17, 15) is 9.59 Å². The molecule has 1 aliphatic rings. The Bertz CT molecular complexity index is 880. The quantitative estimate of drug-likeness (QED) is 0.822. The smallest absolute Gasteiger partial charge is 0.317 e. The van der Waals surface area contributed by atoms with E-state index in [4.69, 9.17) is 0 Å². The van der Waals surface area contributed by atoms with Gasteiger partial charge in [0.2, 0.25) is 0 Å². The molecule has 2 heterocycles. The van der Waals surface area contributed by atoms with Crippen LogP contribution in [0, 0.1) is 11.3 Å². The molecule has 1 aromatic carbocycles. The molecule has 0 saturated carbocycles. The standard InChI is InChI=1S/C22H31N5O2/c1-5-17(23-21(29)27-13-11-16(12-14-27)22(2,3)4)18-20(28)24-19(26-25-18)15-9-7-6-8-10-15/h6-10,16-17H,5,11-14H2,1-4H3,(H,23,29)(H,24,26,28). The van der Waals surface area contributed by atoms with Gasteiger partial charge in [-0.2, -0.15) is 0 Å². The summed E-state index contributed by atoms with van der Waals surface area (Å²) in [5.74, 6) is 1.04. The van der Waals surface area contributed by atoms with Crippen LogP contribution in [-0.2, 0) is 0 Å². The molecule has 1 aromatic heterocycles. The highest BCUT2D eigenvalue weighted by molar-refractivity contribution is 5.74. The number of piperidine rings is 1. The Hall–Kier alpha value is -2.70. The highest BCUT2D eigenvalue weighted by Crippen LogP contribution is 2.34. The van der Waals surface area contributed by atoms with Crippen LogP contribution < -0.4 is 10.9 Å². The van der Waals surface area contributed by atoms with Gasteiger partial charge in [-0.25, -0.2) is 4.79 Å². The number of likely N-dealkylation sites (tertiary alicyclic amines) is 1. The number of carbonyl (C=O) groups excluding carboxylic acids is 1. The minimum absolute atomic E-state index is 0.141. The first-order valence-electron chi connectivity index (χ1n) is 10.4. The first-order chi connectivity index (χ1) is 13.8. The Labute approximate surface area is 171 Å². The molecule has 2 N–H and O–H groups in total. The van der Waals surface area contributed by atoms with Gasteiger partial charge in [0.15, 0.2) is 11.5 Å². The minimum atomic E-state index is -0.469. The molecule has 1 aliphatic heterocycles. The molecular formula is C22H31N5O2. The Morgan fingerprint density at radius 1 is 1.21 bits per heavy atom. The van der Waals surface area contributed by atoms with E-state index in [-0.39, 0.29) is 22.7 Å². The number of amides is 2. The van der Waals surface area contributed by atoms with Gasteiger partial charge < -0.3 is 15.2 Å². The molecule has 0 spiro atoms. The van der Waals surface area contributed by atoms with E-state index < -0.39 is 6.04 Å². The Balaban J connectivity index is 1.67. The predicted molar refractivity (Wildman–Crippen MR) is 113 cm³/mol. The van der Waals surface area contributed by atoms with Crippen LogP contribution in [0.3, 0.4) is 0 Å². The van der Waals surface area contributed by atoms with Crippen molar-refractivity contribution >= 4 is 6.03 Å². The number of hydrogen-bond acceptors (Lipinski definition) is 4. The number of carbonyl (C=O) groups is 1. The molecule has 1 unspecified atom stereocenters. The van der Waals surface area contributed by atoms with Gasteiger partial charge in [-0.05, 0) is 30.6 Å². The van der Waals surface area contributed by atoms with Crippen molar-refractivity contribution in [1.82, 2.24) is 25.4 Å². The van der Waals surface area contributed by atoms with Crippen LogP contribution in [0.2, 0.25) is 0 Å². The molecule has 156 valence electrons. The Morgan fingerprint density at radius 2 is 1.86 bits per heavy atom. The van der Waals surface area contributed by atoms with Gasteiger partial charge in [0.05, 0.1) is 6.04 Å². The number of benzene rings is 1. The second-order valence-corrected chi connectivity index (χ2v) is 8.79. The van der Waals surface area contributed by atoms with Crippen LogP contribution in [0.15, 0.2) is 35.1 Å². The SMILES string of the molecule is CCC(NC(=O)N1CCC(C(C)(C)C)CC1)c1nnc(-c2ccccc2)[nH]c1=O. The third-order valence-electron chi connectivity index (χ3n) is 5.81. The van der Waals surface area contributed by atoms with Gasteiger partial charge in [0.1, 0.15) is 0 Å². The summed E-state index contributed by atoms with van der Waals surface area (Å²) >= 11 is 0. The van der Waals surface area contributed by atoms with Crippen molar-refractivity contribution in [3.8, 4) is 11.4 Å².